The Labute approximate surface area is 146 Å². The summed E-state index contributed by atoms with van der Waals surface area (Å²) in [5.74, 6) is -0.202. The number of hydrogen-bond acceptors (Lipinski definition) is 5. The minimum absolute atomic E-state index is 0.202. The molecule has 0 bridgehead atoms. The van der Waals surface area contributed by atoms with Gasteiger partial charge in [0.2, 0.25) is 0 Å². The van der Waals surface area contributed by atoms with Gasteiger partial charge in [0, 0.05) is 62.8 Å². The van der Waals surface area contributed by atoms with Crippen LogP contribution in [0.2, 0.25) is 0 Å². The highest BCUT2D eigenvalue weighted by Crippen LogP contribution is 2.25. The van der Waals surface area contributed by atoms with E-state index in [0.29, 0.717) is 6.04 Å². The van der Waals surface area contributed by atoms with E-state index in [4.69, 9.17) is 4.98 Å². The van der Waals surface area contributed by atoms with E-state index in [-0.39, 0.29) is 5.82 Å². The Bertz CT molecular complexity index is 666. The summed E-state index contributed by atoms with van der Waals surface area (Å²) >= 11 is 1.64. The summed E-state index contributed by atoms with van der Waals surface area (Å²) in [4.78, 5) is 9.88. The Hall–Kier alpha value is -1.34. The monoisotopic (exact) mass is 346 g/mol. The van der Waals surface area contributed by atoms with Crippen LogP contribution >= 0.6 is 11.3 Å². The molecule has 128 valence electrons. The van der Waals surface area contributed by atoms with Crippen molar-refractivity contribution in [2.24, 2.45) is 0 Å². The fourth-order valence-corrected chi connectivity index (χ4v) is 4.45. The second-order valence-electron chi connectivity index (χ2n) is 6.61. The van der Waals surface area contributed by atoms with E-state index in [1.165, 1.54) is 31.6 Å². The van der Waals surface area contributed by atoms with Crippen molar-refractivity contribution in [2.75, 3.05) is 39.3 Å². The van der Waals surface area contributed by atoms with Gasteiger partial charge in [0.05, 0.1) is 5.69 Å². The average Bonchev–Trinajstić information content (AvgIpc) is 3.27. The summed E-state index contributed by atoms with van der Waals surface area (Å²) in [6.07, 6.45) is 1.26. The van der Waals surface area contributed by atoms with Crippen LogP contribution < -0.4 is 5.32 Å². The van der Waals surface area contributed by atoms with Gasteiger partial charge in [-0.25, -0.2) is 9.37 Å². The molecule has 0 amide bonds. The van der Waals surface area contributed by atoms with Gasteiger partial charge >= 0.3 is 0 Å². The van der Waals surface area contributed by atoms with Crippen molar-refractivity contribution < 1.29 is 4.39 Å². The summed E-state index contributed by atoms with van der Waals surface area (Å²) in [7, 11) is 0. The number of thiazole rings is 1. The van der Waals surface area contributed by atoms with E-state index in [9.17, 15) is 4.39 Å². The van der Waals surface area contributed by atoms with Crippen molar-refractivity contribution in [1.29, 1.82) is 0 Å². The maximum Gasteiger partial charge on any atom is 0.123 e. The molecule has 3 heterocycles. The molecule has 1 aromatic carbocycles. The molecule has 2 aromatic rings. The molecular weight excluding hydrogens is 323 g/mol. The predicted molar refractivity (Wildman–Crippen MR) is 95.6 cm³/mol. The number of nitrogens with zero attached hydrogens (tertiary/aromatic N) is 3. The number of piperazine rings is 1. The first-order valence-electron chi connectivity index (χ1n) is 8.65. The topological polar surface area (TPSA) is 31.4 Å². The van der Waals surface area contributed by atoms with E-state index < -0.39 is 0 Å². The fraction of sp³-hybridized carbons (Fsp3) is 0.500. The lowest BCUT2D eigenvalue weighted by molar-refractivity contribution is 0.170. The van der Waals surface area contributed by atoms with Crippen molar-refractivity contribution >= 4 is 11.3 Å². The molecule has 2 saturated heterocycles. The molecule has 2 aliphatic heterocycles. The highest BCUT2D eigenvalue weighted by molar-refractivity contribution is 7.13. The molecule has 0 spiro atoms. The quantitative estimate of drug-likeness (QED) is 0.921. The zero-order valence-corrected chi connectivity index (χ0v) is 14.6. The zero-order valence-electron chi connectivity index (χ0n) is 13.7. The Morgan fingerprint density at radius 2 is 1.96 bits per heavy atom. The minimum Gasteiger partial charge on any atom is -0.314 e. The molecule has 1 atom stereocenters. The van der Waals surface area contributed by atoms with Crippen LogP contribution in [0.5, 0.6) is 0 Å². The summed E-state index contributed by atoms with van der Waals surface area (Å²) in [6.45, 7) is 7.78. The van der Waals surface area contributed by atoms with Gasteiger partial charge in [-0.1, -0.05) is 0 Å². The van der Waals surface area contributed by atoms with Gasteiger partial charge in [0.15, 0.2) is 0 Å². The van der Waals surface area contributed by atoms with Gasteiger partial charge in [-0.15, -0.1) is 11.3 Å². The molecule has 0 aliphatic carbocycles. The molecule has 2 fully saturated rings. The van der Waals surface area contributed by atoms with Crippen LogP contribution in [-0.2, 0) is 6.54 Å². The van der Waals surface area contributed by atoms with Crippen LogP contribution in [-0.4, -0.2) is 60.1 Å². The van der Waals surface area contributed by atoms with Crippen molar-refractivity contribution in [3.63, 3.8) is 0 Å². The maximum atomic E-state index is 13.0. The predicted octanol–water partition coefficient (Wildman–Crippen LogP) is 2.43. The number of nitrogens with one attached hydrogen (secondary N) is 1. The highest BCUT2D eigenvalue weighted by Gasteiger charge is 2.28. The number of hydrogen-bond donors (Lipinski definition) is 1. The Kier molecular flexibility index (Phi) is 4.89. The van der Waals surface area contributed by atoms with Crippen LogP contribution in [0.4, 0.5) is 4.39 Å². The molecule has 2 aliphatic rings. The maximum absolute atomic E-state index is 13.0. The first-order chi connectivity index (χ1) is 11.8. The van der Waals surface area contributed by atoms with Gasteiger partial charge < -0.3 is 5.32 Å². The van der Waals surface area contributed by atoms with E-state index in [1.807, 2.05) is 0 Å². The number of likely N-dealkylation sites (tertiary alicyclic amines) is 1. The van der Waals surface area contributed by atoms with Gasteiger partial charge in [-0.2, -0.15) is 0 Å². The minimum atomic E-state index is -0.202. The number of rotatable bonds is 4. The standard InChI is InChI=1S/C18H23FN4S/c19-15-3-1-14(2-4-15)18-21-16(13-24-18)11-22-8-5-17(12-22)23-9-6-20-7-10-23/h1-4,13,17,20H,5-12H2. The third kappa shape index (κ3) is 3.67. The Morgan fingerprint density at radius 1 is 1.17 bits per heavy atom. The van der Waals surface area contributed by atoms with E-state index in [2.05, 4.69) is 20.5 Å². The van der Waals surface area contributed by atoms with Crippen molar-refractivity contribution in [1.82, 2.24) is 20.1 Å². The van der Waals surface area contributed by atoms with Crippen LogP contribution in [0.15, 0.2) is 29.6 Å². The molecule has 1 aromatic heterocycles. The second kappa shape index (κ2) is 7.27. The first-order valence-corrected chi connectivity index (χ1v) is 9.53. The SMILES string of the molecule is Fc1ccc(-c2nc(CN3CCC(N4CCNCC4)C3)cs2)cc1. The average molecular weight is 346 g/mol. The van der Waals surface area contributed by atoms with Gasteiger partial charge in [-0.05, 0) is 30.7 Å². The van der Waals surface area contributed by atoms with Crippen molar-refractivity contribution in [2.45, 2.75) is 19.0 Å². The van der Waals surface area contributed by atoms with Crippen LogP contribution in [0.25, 0.3) is 10.6 Å². The molecule has 4 rings (SSSR count). The molecule has 4 nitrogen and oxygen atoms in total. The lowest BCUT2D eigenvalue weighted by Gasteiger charge is -2.32. The molecule has 6 heteroatoms. The van der Waals surface area contributed by atoms with E-state index in [0.717, 1.165) is 49.0 Å². The second-order valence-corrected chi connectivity index (χ2v) is 7.47. The smallest absolute Gasteiger partial charge is 0.123 e. The highest BCUT2D eigenvalue weighted by atomic mass is 32.1. The largest absolute Gasteiger partial charge is 0.314 e. The third-order valence-electron chi connectivity index (χ3n) is 4.94. The van der Waals surface area contributed by atoms with Gasteiger partial charge in [-0.3, -0.25) is 9.80 Å². The first kappa shape index (κ1) is 16.1. The lowest BCUT2D eigenvalue weighted by Crippen LogP contribution is -2.49. The fourth-order valence-electron chi connectivity index (χ4n) is 3.63. The van der Waals surface area contributed by atoms with Crippen molar-refractivity contribution in [3.8, 4) is 10.6 Å². The lowest BCUT2D eigenvalue weighted by atomic mass is 10.2. The van der Waals surface area contributed by atoms with Crippen LogP contribution in [0, 0.1) is 5.82 Å². The summed E-state index contributed by atoms with van der Waals surface area (Å²) in [5, 5.41) is 6.53. The molecular formula is C18H23FN4S. The Balaban J connectivity index is 1.35. The van der Waals surface area contributed by atoms with Gasteiger partial charge in [0.1, 0.15) is 10.8 Å². The molecule has 24 heavy (non-hydrogen) atoms. The van der Waals surface area contributed by atoms with Crippen LogP contribution in [0.1, 0.15) is 12.1 Å². The zero-order chi connectivity index (χ0) is 16.4. The molecule has 1 N–H and O–H groups in total. The normalized spacial score (nSPS) is 23.0. The molecule has 0 saturated carbocycles. The van der Waals surface area contributed by atoms with Crippen LogP contribution in [0.3, 0.4) is 0 Å². The summed E-state index contributed by atoms with van der Waals surface area (Å²) in [5.41, 5.74) is 2.12. The third-order valence-corrected chi connectivity index (χ3v) is 5.88. The summed E-state index contributed by atoms with van der Waals surface area (Å²) in [6, 6.07) is 7.29. The molecule has 0 radical (unpaired) electrons. The van der Waals surface area contributed by atoms with Crippen molar-refractivity contribution in [3.05, 3.63) is 41.2 Å². The van der Waals surface area contributed by atoms with E-state index >= 15 is 0 Å². The number of benzene rings is 1. The molecule has 1 unspecified atom stereocenters. The van der Waals surface area contributed by atoms with E-state index in [1.54, 1.807) is 23.5 Å². The number of halogens is 1. The van der Waals surface area contributed by atoms with Gasteiger partial charge in [0.25, 0.3) is 0 Å². The summed E-state index contributed by atoms with van der Waals surface area (Å²) < 4.78 is 13.0. The number of aromatic nitrogens is 1. The Morgan fingerprint density at radius 3 is 2.75 bits per heavy atom.